The first-order valence-electron chi connectivity index (χ1n) is 7.28. The molecule has 0 aliphatic rings. The van der Waals surface area contributed by atoms with Crippen molar-refractivity contribution in [2.45, 2.75) is 19.9 Å². The number of ether oxygens (including phenoxy) is 1. The van der Waals surface area contributed by atoms with Gasteiger partial charge in [-0.15, -0.1) is 24.0 Å². The van der Waals surface area contributed by atoms with Gasteiger partial charge in [0.1, 0.15) is 5.75 Å². The van der Waals surface area contributed by atoms with E-state index >= 15 is 0 Å². The molecule has 0 atom stereocenters. The highest BCUT2D eigenvalue weighted by atomic mass is 127. The van der Waals surface area contributed by atoms with Gasteiger partial charge in [0.05, 0.1) is 7.11 Å². The van der Waals surface area contributed by atoms with Crippen LogP contribution < -0.4 is 15.4 Å². The first-order chi connectivity index (χ1) is 10.3. The molecule has 0 saturated carbocycles. The van der Waals surface area contributed by atoms with Crippen molar-refractivity contribution in [2.24, 2.45) is 4.99 Å². The van der Waals surface area contributed by atoms with Crippen molar-refractivity contribution in [1.29, 1.82) is 0 Å². The minimum Gasteiger partial charge on any atom is -0.497 e. The number of guanidine groups is 1. The van der Waals surface area contributed by atoms with Gasteiger partial charge >= 0.3 is 0 Å². The van der Waals surface area contributed by atoms with Gasteiger partial charge in [0, 0.05) is 20.1 Å². The molecule has 0 aliphatic carbocycles. The predicted molar refractivity (Wildman–Crippen MR) is 104 cm³/mol. The molecule has 120 valence electrons. The lowest BCUT2D eigenvalue weighted by molar-refractivity contribution is 0.415. The Labute approximate surface area is 149 Å². The molecule has 2 aromatic rings. The van der Waals surface area contributed by atoms with Crippen LogP contribution in [0.1, 0.15) is 18.9 Å². The van der Waals surface area contributed by atoms with Crippen LogP contribution in [0.4, 0.5) is 0 Å². The van der Waals surface area contributed by atoms with Gasteiger partial charge in [-0.05, 0) is 41.0 Å². The van der Waals surface area contributed by atoms with E-state index in [2.05, 4.69) is 46.8 Å². The highest BCUT2D eigenvalue weighted by Crippen LogP contribution is 2.21. The standard InChI is InChI=1S/C17H23N3O.HI/c1-4-9-19-17(18-2)20-12-13-5-6-15-11-16(21-3)8-7-14(15)10-13;/h5-8,10-11H,4,9,12H2,1-3H3,(H2,18,19,20);1H. The molecule has 5 heteroatoms. The zero-order valence-corrected chi connectivity index (χ0v) is 15.7. The maximum atomic E-state index is 5.25. The predicted octanol–water partition coefficient (Wildman–Crippen LogP) is 3.54. The fourth-order valence-electron chi connectivity index (χ4n) is 2.16. The van der Waals surface area contributed by atoms with Gasteiger partial charge in [0.15, 0.2) is 5.96 Å². The Morgan fingerprint density at radius 1 is 1.09 bits per heavy atom. The highest BCUT2D eigenvalue weighted by molar-refractivity contribution is 14.0. The van der Waals surface area contributed by atoms with Gasteiger partial charge in [0.2, 0.25) is 0 Å². The summed E-state index contributed by atoms with van der Waals surface area (Å²) >= 11 is 0. The monoisotopic (exact) mass is 413 g/mol. The second kappa shape index (κ2) is 9.50. The van der Waals surface area contributed by atoms with Crippen LogP contribution in [-0.4, -0.2) is 26.7 Å². The molecule has 0 aromatic heterocycles. The number of hydrogen-bond donors (Lipinski definition) is 2. The van der Waals surface area contributed by atoms with E-state index in [-0.39, 0.29) is 24.0 Å². The topological polar surface area (TPSA) is 45.7 Å². The van der Waals surface area contributed by atoms with Crippen molar-refractivity contribution < 1.29 is 4.74 Å². The molecule has 22 heavy (non-hydrogen) atoms. The third-order valence-corrected chi connectivity index (χ3v) is 3.34. The normalized spacial score (nSPS) is 11.0. The molecule has 2 rings (SSSR count). The van der Waals surface area contributed by atoms with Crippen LogP contribution in [0.15, 0.2) is 41.4 Å². The van der Waals surface area contributed by atoms with Gasteiger partial charge in [-0.25, -0.2) is 0 Å². The molecular weight excluding hydrogens is 389 g/mol. The molecular formula is C17H24IN3O. The van der Waals surface area contributed by atoms with E-state index < -0.39 is 0 Å². The molecule has 4 nitrogen and oxygen atoms in total. The molecule has 0 fully saturated rings. The minimum atomic E-state index is 0. The lowest BCUT2D eigenvalue weighted by Crippen LogP contribution is -2.37. The van der Waals surface area contributed by atoms with E-state index in [1.165, 1.54) is 16.3 Å². The fourth-order valence-corrected chi connectivity index (χ4v) is 2.16. The SMILES string of the molecule is CCCNC(=NC)NCc1ccc2cc(OC)ccc2c1.I. The average molecular weight is 413 g/mol. The van der Waals surface area contributed by atoms with Crippen LogP contribution in [0.2, 0.25) is 0 Å². The van der Waals surface area contributed by atoms with E-state index in [1.807, 2.05) is 12.1 Å². The van der Waals surface area contributed by atoms with Gasteiger partial charge < -0.3 is 15.4 Å². The summed E-state index contributed by atoms with van der Waals surface area (Å²) < 4.78 is 5.25. The number of nitrogens with one attached hydrogen (secondary N) is 2. The molecule has 0 aliphatic heterocycles. The fraction of sp³-hybridized carbons (Fsp3) is 0.353. The number of rotatable bonds is 5. The van der Waals surface area contributed by atoms with Crippen LogP contribution in [-0.2, 0) is 6.54 Å². The van der Waals surface area contributed by atoms with Crippen LogP contribution in [0.25, 0.3) is 10.8 Å². The summed E-state index contributed by atoms with van der Waals surface area (Å²) in [6, 6.07) is 12.6. The molecule has 0 spiro atoms. The Balaban J connectivity index is 0.00000242. The molecule has 0 amide bonds. The largest absolute Gasteiger partial charge is 0.497 e. The first-order valence-corrected chi connectivity index (χ1v) is 7.28. The second-order valence-electron chi connectivity index (χ2n) is 4.90. The van der Waals surface area contributed by atoms with E-state index in [4.69, 9.17) is 4.74 Å². The molecule has 0 radical (unpaired) electrons. The van der Waals surface area contributed by atoms with Crippen LogP contribution in [0.5, 0.6) is 5.75 Å². The zero-order chi connectivity index (χ0) is 15.1. The summed E-state index contributed by atoms with van der Waals surface area (Å²) in [6.07, 6.45) is 1.08. The van der Waals surface area contributed by atoms with Gasteiger partial charge in [0.25, 0.3) is 0 Å². The van der Waals surface area contributed by atoms with Crippen molar-refractivity contribution in [3.8, 4) is 5.75 Å². The smallest absolute Gasteiger partial charge is 0.191 e. The number of aliphatic imine (C=N–C) groups is 1. The zero-order valence-electron chi connectivity index (χ0n) is 13.3. The Bertz CT molecular complexity index is 628. The van der Waals surface area contributed by atoms with Crippen LogP contribution in [0.3, 0.4) is 0 Å². The van der Waals surface area contributed by atoms with E-state index in [9.17, 15) is 0 Å². The van der Waals surface area contributed by atoms with Crippen molar-refractivity contribution >= 4 is 40.7 Å². The lowest BCUT2D eigenvalue weighted by atomic mass is 10.1. The quantitative estimate of drug-likeness (QED) is 0.448. The number of methoxy groups -OCH3 is 1. The van der Waals surface area contributed by atoms with Crippen molar-refractivity contribution in [1.82, 2.24) is 10.6 Å². The van der Waals surface area contributed by atoms with Gasteiger partial charge in [-0.1, -0.05) is 25.1 Å². The van der Waals surface area contributed by atoms with Crippen LogP contribution >= 0.6 is 24.0 Å². The number of fused-ring (bicyclic) bond motifs is 1. The Kier molecular flexibility index (Phi) is 8.01. The number of halogens is 1. The number of hydrogen-bond acceptors (Lipinski definition) is 2. The van der Waals surface area contributed by atoms with E-state index in [0.29, 0.717) is 0 Å². The van der Waals surface area contributed by atoms with Crippen LogP contribution in [0, 0.1) is 0 Å². The summed E-state index contributed by atoms with van der Waals surface area (Å²) in [7, 11) is 3.48. The van der Waals surface area contributed by atoms with E-state index in [0.717, 1.165) is 31.2 Å². The second-order valence-corrected chi connectivity index (χ2v) is 4.90. The number of benzene rings is 2. The maximum absolute atomic E-state index is 5.25. The van der Waals surface area contributed by atoms with Gasteiger partial charge in [-0.3, -0.25) is 4.99 Å². The highest BCUT2D eigenvalue weighted by Gasteiger charge is 2.00. The van der Waals surface area contributed by atoms with Gasteiger partial charge in [-0.2, -0.15) is 0 Å². The van der Waals surface area contributed by atoms with Crippen molar-refractivity contribution in [2.75, 3.05) is 20.7 Å². The third-order valence-electron chi connectivity index (χ3n) is 3.34. The molecule has 0 unspecified atom stereocenters. The Hall–Kier alpha value is -1.50. The number of nitrogens with zero attached hydrogens (tertiary/aromatic N) is 1. The average Bonchev–Trinajstić information content (AvgIpc) is 2.54. The van der Waals surface area contributed by atoms with E-state index in [1.54, 1.807) is 14.2 Å². The maximum Gasteiger partial charge on any atom is 0.191 e. The third kappa shape index (κ3) is 5.05. The first kappa shape index (κ1) is 18.5. The van der Waals surface area contributed by atoms with Crippen molar-refractivity contribution in [3.05, 3.63) is 42.0 Å². The van der Waals surface area contributed by atoms with Crippen molar-refractivity contribution in [3.63, 3.8) is 0 Å². The molecule has 0 saturated heterocycles. The Morgan fingerprint density at radius 2 is 1.82 bits per heavy atom. The summed E-state index contributed by atoms with van der Waals surface area (Å²) in [5, 5.41) is 8.99. The summed E-state index contributed by atoms with van der Waals surface area (Å²) in [5.74, 6) is 1.73. The summed E-state index contributed by atoms with van der Waals surface area (Å²) in [5.41, 5.74) is 1.23. The molecule has 0 bridgehead atoms. The summed E-state index contributed by atoms with van der Waals surface area (Å²) in [6.45, 7) is 3.82. The molecule has 2 aromatic carbocycles. The summed E-state index contributed by atoms with van der Waals surface area (Å²) in [4.78, 5) is 4.20. The molecule has 0 heterocycles. The Morgan fingerprint density at radius 3 is 2.50 bits per heavy atom. The minimum absolute atomic E-state index is 0. The lowest BCUT2D eigenvalue weighted by Gasteiger charge is -2.11. The molecule has 2 N–H and O–H groups in total.